The predicted molar refractivity (Wildman–Crippen MR) is 129 cm³/mol. The minimum atomic E-state index is 0.104. The normalized spacial score (nSPS) is 11.4. The highest BCUT2D eigenvalue weighted by molar-refractivity contribution is 7.21. The molecule has 156 valence electrons. The summed E-state index contributed by atoms with van der Waals surface area (Å²) >= 11 is 1.61. The zero-order valence-corrected chi connectivity index (χ0v) is 17.8. The molecular formula is C25H19N5OS. The van der Waals surface area contributed by atoms with Crippen molar-refractivity contribution in [2.24, 2.45) is 0 Å². The fourth-order valence-electron chi connectivity index (χ4n) is 3.86. The van der Waals surface area contributed by atoms with E-state index < -0.39 is 0 Å². The largest absolute Gasteiger partial charge is 0.492 e. The highest BCUT2D eigenvalue weighted by atomic mass is 32.1. The zero-order valence-electron chi connectivity index (χ0n) is 17.0. The second kappa shape index (κ2) is 7.55. The summed E-state index contributed by atoms with van der Waals surface area (Å²) < 4.78 is 2.73. The number of benzene rings is 3. The van der Waals surface area contributed by atoms with Gasteiger partial charge in [0.1, 0.15) is 16.5 Å². The number of H-pyrrole nitrogens is 1. The fourth-order valence-corrected chi connectivity index (χ4v) is 4.87. The van der Waals surface area contributed by atoms with Crippen LogP contribution in [0.5, 0.6) is 5.88 Å². The van der Waals surface area contributed by atoms with Gasteiger partial charge in [-0.1, -0.05) is 60.7 Å². The standard InChI is InChI=1S/C25H19N5OS/c31-25-19(15-16-9-3-1-4-10-16)27-23-21(24-28-18-13-7-8-14-20(18)32-24)22(29-30(23)25)26-17-11-5-2-6-12-17/h1-14,26,29,31H,15H2. The Morgan fingerprint density at radius 1 is 0.875 bits per heavy atom. The minimum absolute atomic E-state index is 0.104. The number of anilines is 2. The van der Waals surface area contributed by atoms with E-state index in [1.54, 1.807) is 15.9 Å². The summed E-state index contributed by atoms with van der Waals surface area (Å²) in [6.45, 7) is 0. The maximum atomic E-state index is 11.0. The van der Waals surface area contributed by atoms with Gasteiger partial charge in [-0.05, 0) is 29.8 Å². The Morgan fingerprint density at radius 3 is 2.38 bits per heavy atom. The maximum Gasteiger partial charge on any atom is 0.235 e. The van der Waals surface area contributed by atoms with E-state index in [9.17, 15) is 5.11 Å². The average molecular weight is 438 g/mol. The first kappa shape index (κ1) is 18.7. The molecule has 6 aromatic rings. The van der Waals surface area contributed by atoms with E-state index in [0.29, 0.717) is 17.8 Å². The van der Waals surface area contributed by atoms with Gasteiger partial charge in [-0.25, -0.2) is 14.5 Å². The Balaban J connectivity index is 1.52. The van der Waals surface area contributed by atoms with Gasteiger partial charge in [-0.15, -0.1) is 11.3 Å². The summed E-state index contributed by atoms with van der Waals surface area (Å²) in [5, 5.41) is 18.5. The smallest absolute Gasteiger partial charge is 0.235 e. The van der Waals surface area contributed by atoms with E-state index in [4.69, 9.17) is 9.97 Å². The van der Waals surface area contributed by atoms with Gasteiger partial charge in [-0.3, -0.25) is 5.10 Å². The molecule has 0 aliphatic heterocycles. The van der Waals surface area contributed by atoms with E-state index in [-0.39, 0.29) is 5.88 Å². The molecule has 3 aromatic carbocycles. The second-order valence-corrected chi connectivity index (χ2v) is 8.57. The van der Waals surface area contributed by atoms with Crippen molar-refractivity contribution in [3.63, 3.8) is 0 Å². The molecule has 0 bridgehead atoms. The first-order valence-electron chi connectivity index (χ1n) is 10.3. The van der Waals surface area contributed by atoms with E-state index >= 15 is 0 Å². The monoisotopic (exact) mass is 437 g/mol. The third kappa shape index (κ3) is 3.19. The number of nitrogens with zero attached hydrogens (tertiary/aromatic N) is 3. The molecule has 0 saturated carbocycles. The molecule has 3 aromatic heterocycles. The molecule has 3 heterocycles. The Morgan fingerprint density at radius 2 is 1.59 bits per heavy atom. The van der Waals surface area contributed by atoms with Crippen LogP contribution in [0.4, 0.5) is 11.5 Å². The summed E-state index contributed by atoms with van der Waals surface area (Å²) in [7, 11) is 0. The van der Waals surface area contributed by atoms with E-state index in [1.807, 2.05) is 78.9 Å². The summed E-state index contributed by atoms with van der Waals surface area (Å²) in [5.41, 5.74) is 5.07. The topological polar surface area (TPSA) is 78.2 Å². The van der Waals surface area contributed by atoms with Gasteiger partial charge < -0.3 is 10.4 Å². The van der Waals surface area contributed by atoms with Crippen LogP contribution >= 0.6 is 11.3 Å². The van der Waals surface area contributed by atoms with Gasteiger partial charge in [0, 0.05) is 12.1 Å². The Labute approximate surface area is 187 Å². The summed E-state index contributed by atoms with van der Waals surface area (Å²) in [6, 6.07) is 28.0. The van der Waals surface area contributed by atoms with Crippen LogP contribution in [0.25, 0.3) is 26.4 Å². The lowest BCUT2D eigenvalue weighted by atomic mass is 10.1. The number of hydrogen-bond donors (Lipinski definition) is 3. The Kier molecular flexibility index (Phi) is 4.40. The molecule has 0 aliphatic carbocycles. The second-order valence-electron chi connectivity index (χ2n) is 7.54. The zero-order chi connectivity index (χ0) is 21.5. The van der Waals surface area contributed by atoms with Crippen molar-refractivity contribution >= 4 is 38.7 Å². The van der Waals surface area contributed by atoms with Gasteiger partial charge in [0.2, 0.25) is 5.88 Å². The number of hydrogen-bond acceptors (Lipinski definition) is 5. The van der Waals surface area contributed by atoms with Gasteiger partial charge in [0.05, 0.1) is 15.8 Å². The van der Waals surface area contributed by atoms with Crippen molar-refractivity contribution in [3.8, 4) is 16.5 Å². The van der Waals surface area contributed by atoms with Crippen LogP contribution in [-0.4, -0.2) is 24.7 Å². The molecule has 0 atom stereocenters. The van der Waals surface area contributed by atoms with E-state index in [2.05, 4.69) is 16.5 Å². The molecule has 6 rings (SSSR count). The summed E-state index contributed by atoms with van der Waals surface area (Å²) in [5.74, 6) is 0.839. The number of rotatable bonds is 5. The number of imidazole rings is 1. The lowest BCUT2D eigenvalue weighted by Crippen LogP contribution is -1.95. The van der Waals surface area contributed by atoms with Crippen LogP contribution in [0.1, 0.15) is 11.3 Å². The van der Waals surface area contributed by atoms with Gasteiger partial charge >= 0.3 is 0 Å². The van der Waals surface area contributed by atoms with Gasteiger partial charge in [-0.2, -0.15) is 0 Å². The number of aromatic amines is 1. The first-order chi connectivity index (χ1) is 15.8. The molecule has 0 aliphatic rings. The van der Waals surface area contributed by atoms with Crippen molar-refractivity contribution in [2.75, 3.05) is 5.32 Å². The van der Waals surface area contributed by atoms with Crippen LogP contribution in [-0.2, 0) is 6.42 Å². The highest BCUT2D eigenvalue weighted by Gasteiger charge is 2.24. The molecule has 0 radical (unpaired) electrons. The SMILES string of the molecule is Oc1c(Cc2ccccc2)nc2c(-c3nc4ccccc4s3)c(Nc3ccccc3)[nH]n12. The molecule has 0 saturated heterocycles. The van der Waals surface area contributed by atoms with Crippen molar-refractivity contribution in [1.29, 1.82) is 0 Å². The molecule has 32 heavy (non-hydrogen) atoms. The number of aromatic nitrogens is 4. The summed E-state index contributed by atoms with van der Waals surface area (Å²) in [4.78, 5) is 9.68. The highest BCUT2D eigenvalue weighted by Crippen LogP contribution is 2.40. The minimum Gasteiger partial charge on any atom is -0.492 e. The van der Waals surface area contributed by atoms with Crippen LogP contribution in [0, 0.1) is 0 Å². The number of aromatic hydroxyl groups is 1. The summed E-state index contributed by atoms with van der Waals surface area (Å²) in [6.07, 6.45) is 0.545. The number of nitrogens with one attached hydrogen (secondary N) is 2. The molecule has 0 unspecified atom stereocenters. The van der Waals surface area contributed by atoms with E-state index in [1.165, 1.54) is 0 Å². The first-order valence-corrected chi connectivity index (χ1v) is 11.1. The Bertz CT molecular complexity index is 1500. The fraction of sp³-hybridized carbons (Fsp3) is 0.0400. The third-order valence-corrected chi connectivity index (χ3v) is 6.44. The average Bonchev–Trinajstić information content (AvgIpc) is 3.48. The van der Waals surface area contributed by atoms with Crippen molar-refractivity contribution in [3.05, 3.63) is 96.2 Å². The molecule has 0 fully saturated rings. The molecule has 7 heteroatoms. The van der Waals surface area contributed by atoms with Gasteiger partial charge in [0.15, 0.2) is 5.65 Å². The molecule has 6 nitrogen and oxygen atoms in total. The Hall–Kier alpha value is -4.10. The van der Waals surface area contributed by atoms with Gasteiger partial charge in [0.25, 0.3) is 0 Å². The van der Waals surface area contributed by atoms with Crippen LogP contribution in [0.15, 0.2) is 84.9 Å². The van der Waals surface area contributed by atoms with Crippen LogP contribution in [0.2, 0.25) is 0 Å². The molecular weight excluding hydrogens is 418 g/mol. The van der Waals surface area contributed by atoms with Crippen LogP contribution < -0.4 is 5.32 Å². The van der Waals surface area contributed by atoms with Crippen molar-refractivity contribution in [1.82, 2.24) is 19.6 Å². The molecule has 3 N–H and O–H groups in total. The maximum absolute atomic E-state index is 11.0. The van der Waals surface area contributed by atoms with Crippen molar-refractivity contribution in [2.45, 2.75) is 6.42 Å². The predicted octanol–water partition coefficient (Wildman–Crippen LogP) is 5.98. The number of fused-ring (bicyclic) bond motifs is 2. The van der Waals surface area contributed by atoms with Crippen LogP contribution in [0.3, 0.4) is 0 Å². The van der Waals surface area contributed by atoms with E-state index in [0.717, 1.165) is 37.9 Å². The number of para-hydroxylation sites is 2. The third-order valence-electron chi connectivity index (χ3n) is 5.39. The lowest BCUT2D eigenvalue weighted by molar-refractivity contribution is 0.434. The van der Waals surface area contributed by atoms with Crippen molar-refractivity contribution < 1.29 is 5.11 Å². The molecule has 0 amide bonds. The quantitative estimate of drug-likeness (QED) is 0.310. The lowest BCUT2D eigenvalue weighted by Gasteiger charge is -2.06. The number of thiazole rings is 1. The molecule has 0 spiro atoms.